The Balaban J connectivity index is 1.61. The van der Waals surface area contributed by atoms with Gasteiger partial charge in [0.15, 0.2) is 5.11 Å². The van der Waals surface area contributed by atoms with E-state index in [0.717, 1.165) is 44.6 Å². The summed E-state index contributed by atoms with van der Waals surface area (Å²) in [5, 5.41) is 7.90. The molecule has 0 saturated carbocycles. The number of carbonyl (C=O) groups excluding carboxylic acids is 1. The minimum absolute atomic E-state index is 0.0108. The molecule has 1 saturated heterocycles. The van der Waals surface area contributed by atoms with E-state index in [1.807, 2.05) is 76.2 Å². The van der Waals surface area contributed by atoms with E-state index in [9.17, 15) is 4.79 Å². The van der Waals surface area contributed by atoms with Gasteiger partial charge in [-0.3, -0.25) is 9.78 Å². The van der Waals surface area contributed by atoms with E-state index in [4.69, 9.17) is 23.8 Å². The minimum atomic E-state index is -0.182. The lowest BCUT2D eigenvalue weighted by atomic mass is 10.00. The summed E-state index contributed by atoms with van der Waals surface area (Å²) < 4.78 is 2.18. The van der Waals surface area contributed by atoms with E-state index in [-0.39, 0.29) is 23.9 Å². The van der Waals surface area contributed by atoms with E-state index < -0.39 is 0 Å². The lowest BCUT2D eigenvalue weighted by Crippen LogP contribution is -2.30. The smallest absolute Gasteiger partial charge is 0.226 e. The van der Waals surface area contributed by atoms with Gasteiger partial charge in [0.2, 0.25) is 5.91 Å². The lowest BCUT2D eigenvalue weighted by molar-refractivity contribution is -0.118. The van der Waals surface area contributed by atoms with Crippen LogP contribution in [-0.4, -0.2) is 20.6 Å². The minimum Gasteiger partial charge on any atom is -0.351 e. The molecule has 0 spiro atoms. The van der Waals surface area contributed by atoms with Gasteiger partial charge in [-0.15, -0.1) is 0 Å². The van der Waals surface area contributed by atoms with E-state index in [1.165, 1.54) is 0 Å². The van der Waals surface area contributed by atoms with Crippen LogP contribution in [0.15, 0.2) is 79.1 Å². The molecule has 5 rings (SSSR count). The zero-order valence-electron chi connectivity index (χ0n) is 21.8. The molecule has 38 heavy (non-hydrogen) atoms. The van der Waals surface area contributed by atoms with Crippen molar-refractivity contribution in [2.24, 2.45) is 5.92 Å². The molecule has 2 unspecified atom stereocenters. The number of anilines is 2. The summed E-state index contributed by atoms with van der Waals surface area (Å²) in [6.07, 6.45) is 3.86. The molecule has 4 aromatic rings. The quantitative estimate of drug-likeness (QED) is 0.259. The molecule has 6 nitrogen and oxygen atoms in total. The second-order valence-electron chi connectivity index (χ2n) is 9.88. The maximum absolute atomic E-state index is 12.3. The predicted octanol–water partition coefficient (Wildman–Crippen LogP) is 6.91. The molecular weight excluding hydrogens is 514 g/mol. The van der Waals surface area contributed by atoms with Gasteiger partial charge in [-0.05, 0) is 97.9 Å². The Hall–Kier alpha value is -3.68. The van der Waals surface area contributed by atoms with E-state index >= 15 is 0 Å². The predicted molar refractivity (Wildman–Crippen MR) is 158 cm³/mol. The Morgan fingerprint density at radius 1 is 1.03 bits per heavy atom. The van der Waals surface area contributed by atoms with Crippen molar-refractivity contribution in [3.05, 3.63) is 107 Å². The van der Waals surface area contributed by atoms with Crippen LogP contribution in [0, 0.1) is 19.8 Å². The Kier molecular flexibility index (Phi) is 7.23. The molecule has 2 N–H and O–H groups in total. The van der Waals surface area contributed by atoms with E-state index in [1.54, 1.807) is 6.20 Å². The van der Waals surface area contributed by atoms with Gasteiger partial charge in [-0.2, -0.15) is 0 Å². The molecule has 0 aliphatic carbocycles. The monoisotopic (exact) mass is 543 g/mol. The zero-order chi connectivity index (χ0) is 27.0. The zero-order valence-corrected chi connectivity index (χ0v) is 23.3. The molecule has 1 aliphatic heterocycles. The van der Waals surface area contributed by atoms with Crippen molar-refractivity contribution in [3.8, 4) is 5.69 Å². The topological polar surface area (TPSA) is 62.2 Å². The molecule has 0 radical (unpaired) electrons. The number of rotatable bonds is 6. The molecule has 1 fully saturated rings. The molecular formula is C30H30ClN5OS. The van der Waals surface area contributed by atoms with Gasteiger partial charge >= 0.3 is 0 Å². The van der Waals surface area contributed by atoms with E-state index in [2.05, 4.69) is 49.5 Å². The summed E-state index contributed by atoms with van der Waals surface area (Å²) >= 11 is 12.3. The highest BCUT2D eigenvalue weighted by Crippen LogP contribution is 2.43. The van der Waals surface area contributed by atoms with Crippen LogP contribution in [0.3, 0.4) is 0 Å². The molecule has 8 heteroatoms. The van der Waals surface area contributed by atoms with Crippen LogP contribution >= 0.6 is 23.8 Å². The van der Waals surface area contributed by atoms with Crippen molar-refractivity contribution in [3.63, 3.8) is 0 Å². The highest BCUT2D eigenvalue weighted by Gasteiger charge is 2.42. The van der Waals surface area contributed by atoms with Gasteiger partial charge in [0.05, 0.1) is 11.7 Å². The number of hydrogen-bond donors (Lipinski definition) is 2. The Morgan fingerprint density at radius 3 is 2.47 bits per heavy atom. The third-order valence-corrected chi connectivity index (χ3v) is 7.61. The fourth-order valence-electron chi connectivity index (χ4n) is 4.80. The van der Waals surface area contributed by atoms with Gasteiger partial charge in [-0.25, -0.2) is 0 Å². The van der Waals surface area contributed by atoms with Gasteiger partial charge in [0.25, 0.3) is 0 Å². The van der Waals surface area contributed by atoms with Crippen molar-refractivity contribution in [1.29, 1.82) is 0 Å². The fourth-order valence-corrected chi connectivity index (χ4v) is 5.26. The molecule has 1 aliphatic rings. The Bertz CT molecular complexity index is 1500. The largest absolute Gasteiger partial charge is 0.351 e. The van der Waals surface area contributed by atoms with Crippen molar-refractivity contribution < 1.29 is 4.79 Å². The van der Waals surface area contributed by atoms with Crippen LogP contribution in [0.5, 0.6) is 0 Å². The summed E-state index contributed by atoms with van der Waals surface area (Å²) in [5.41, 5.74) is 6.69. The number of aryl methyl sites for hydroxylation is 2. The highest BCUT2D eigenvalue weighted by atomic mass is 35.5. The first-order chi connectivity index (χ1) is 18.2. The number of pyridine rings is 1. The van der Waals surface area contributed by atoms with Gasteiger partial charge in [0, 0.05) is 46.1 Å². The Morgan fingerprint density at radius 2 is 1.79 bits per heavy atom. The maximum atomic E-state index is 12.3. The molecule has 3 heterocycles. The highest BCUT2D eigenvalue weighted by molar-refractivity contribution is 7.80. The van der Waals surface area contributed by atoms with E-state index in [0.29, 0.717) is 5.11 Å². The van der Waals surface area contributed by atoms with Crippen molar-refractivity contribution in [1.82, 2.24) is 14.9 Å². The summed E-state index contributed by atoms with van der Waals surface area (Å²) in [6.45, 7) is 7.77. The third-order valence-electron chi connectivity index (χ3n) is 6.87. The molecule has 2 aromatic heterocycles. The van der Waals surface area contributed by atoms with Crippen molar-refractivity contribution in [2.75, 3.05) is 10.2 Å². The van der Waals surface area contributed by atoms with Crippen molar-refractivity contribution in [2.45, 2.75) is 39.8 Å². The average Bonchev–Trinajstić information content (AvgIpc) is 3.51. The SMILES string of the molecule is Cc1cc(-n2cccc2C2C(c3ccccn3)NC(=S)N2c2ccc(NC(=O)C(C)C)c(C)c2)ccc1Cl. The normalized spacial score (nSPS) is 17.1. The summed E-state index contributed by atoms with van der Waals surface area (Å²) in [6, 6.07) is 21.8. The molecule has 0 bridgehead atoms. The van der Waals surface area contributed by atoms with Gasteiger partial charge < -0.3 is 20.1 Å². The first-order valence-electron chi connectivity index (χ1n) is 12.6. The van der Waals surface area contributed by atoms with Crippen LogP contribution in [0.2, 0.25) is 5.02 Å². The van der Waals surface area contributed by atoms with Crippen LogP contribution in [0.1, 0.15) is 48.4 Å². The Labute approximate surface area is 233 Å². The van der Waals surface area contributed by atoms with Crippen LogP contribution < -0.4 is 15.5 Å². The number of thiocarbonyl (C=S) groups is 1. The summed E-state index contributed by atoms with van der Waals surface area (Å²) in [4.78, 5) is 19.1. The van der Waals surface area contributed by atoms with Crippen LogP contribution in [0.25, 0.3) is 5.69 Å². The number of benzene rings is 2. The second-order valence-corrected chi connectivity index (χ2v) is 10.7. The molecule has 194 valence electrons. The first-order valence-corrected chi connectivity index (χ1v) is 13.4. The molecule has 2 aromatic carbocycles. The average molecular weight is 544 g/mol. The molecule has 2 atom stereocenters. The second kappa shape index (κ2) is 10.6. The number of nitrogens with one attached hydrogen (secondary N) is 2. The number of halogens is 1. The first kappa shape index (κ1) is 25.9. The van der Waals surface area contributed by atoms with Crippen molar-refractivity contribution >= 4 is 46.2 Å². The lowest BCUT2D eigenvalue weighted by Gasteiger charge is -2.29. The number of aromatic nitrogens is 2. The molecule has 1 amide bonds. The number of carbonyl (C=O) groups is 1. The van der Waals surface area contributed by atoms with Gasteiger partial charge in [-0.1, -0.05) is 31.5 Å². The standard InChI is InChI=1S/C30H30ClN5OS/c1-18(2)29(37)33-24-13-11-22(17-20(24)4)36-28(27(34-30(36)38)25-8-5-6-14-32-25)26-9-7-15-35(26)21-10-12-23(31)19(3)16-21/h5-18,27-28H,1-4H3,(H,33,37)(H,34,38). The number of nitrogens with zero attached hydrogens (tertiary/aromatic N) is 3. The van der Waals surface area contributed by atoms with Gasteiger partial charge in [0.1, 0.15) is 6.04 Å². The third kappa shape index (κ3) is 4.91. The summed E-state index contributed by atoms with van der Waals surface area (Å²) in [7, 11) is 0. The maximum Gasteiger partial charge on any atom is 0.226 e. The number of hydrogen-bond acceptors (Lipinski definition) is 3. The summed E-state index contributed by atoms with van der Waals surface area (Å²) in [5.74, 6) is -0.111. The number of amides is 1. The van der Waals surface area contributed by atoms with Crippen LogP contribution in [0.4, 0.5) is 11.4 Å². The van der Waals surface area contributed by atoms with Crippen LogP contribution in [-0.2, 0) is 4.79 Å². The fraction of sp³-hybridized carbons (Fsp3) is 0.233.